The monoisotopic (exact) mass is 153 g/mol. The second-order valence-electron chi connectivity index (χ2n) is 5.07. The third-order valence-electron chi connectivity index (χ3n) is 4.56. The van der Waals surface area contributed by atoms with Gasteiger partial charge in [-0.05, 0) is 42.1 Å². The summed E-state index contributed by atoms with van der Waals surface area (Å²) in [6.07, 6.45) is 2.91. The molecule has 0 radical (unpaired) electrons. The van der Waals surface area contributed by atoms with E-state index in [0.717, 1.165) is 18.4 Å². The van der Waals surface area contributed by atoms with Crippen LogP contribution in [0, 0.1) is 22.7 Å². The zero-order valence-electron chi connectivity index (χ0n) is 7.85. The highest BCUT2D eigenvalue weighted by Crippen LogP contribution is 2.76. The lowest BCUT2D eigenvalue weighted by molar-refractivity contribution is 0.365. The van der Waals surface area contributed by atoms with Gasteiger partial charge in [-0.1, -0.05) is 20.8 Å². The second kappa shape index (κ2) is 1.82. The van der Waals surface area contributed by atoms with Crippen molar-refractivity contribution in [1.29, 1.82) is 0 Å². The third kappa shape index (κ3) is 0.703. The molecule has 0 bridgehead atoms. The van der Waals surface area contributed by atoms with Crippen LogP contribution in [-0.4, -0.2) is 6.54 Å². The Labute approximate surface area is 69.4 Å². The molecule has 1 heteroatoms. The van der Waals surface area contributed by atoms with Crippen molar-refractivity contribution >= 4 is 0 Å². The standard InChI is InChI=1S/C10H19N/c1-9(2)8(6-11)10(9,3)7-4-5-7/h7-8H,4-6,11H2,1-3H3. The lowest BCUT2D eigenvalue weighted by Gasteiger charge is -2.12. The van der Waals surface area contributed by atoms with Gasteiger partial charge in [0.1, 0.15) is 0 Å². The lowest BCUT2D eigenvalue weighted by atomic mass is 9.93. The van der Waals surface area contributed by atoms with Crippen LogP contribution < -0.4 is 5.73 Å². The summed E-state index contributed by atoms with van der Waals surface area (Å²) in [5.74, 6) is 1.80. The Morgan fingerprint density at radius 2 is 1.82 bits per heavy atom. The molecule has 64 valence electrons. The van der Waals surface area contributed by atoms with Gasteiger partial charge in [-0.3, -0.25) is 0 Å². The van der Waals surface area contributed by atoms with Crippen molar-refractivity contribution in [2.24, 2.45) is 28.4 Å². The minimum atomic E-state index is 0.531. The Hall–Kier alpha value is -0.0400. The van der Waals surface area contributed by atoms with Crippen molar-refractivity contribution in [2.75, 3.05) is 6.54 Å². The van der Waals surface area contributed by atoms with Crippen molar-refractivity contribution in [1.82, 2.24) is 0 Å². The summed E-state index contributed by atoms with van der Waals surface area (Å²) < 4.78 is 0. The van der Waals surface area contributed by atoms with Crippen LogP contribution in [0.15, 0.2) is 0 Å². The van der Waals surface area contributed by atoms with E-state index in [-0.39, 0.29) is 0 Å². The van der Waals surface area contributed by atoms with Crippen LogP contribution in [0.3, 0.4) is 0 Å². The molecule has 11 heavy (non-hydrogen) atoms. The lowest BCUT2D eigenvalue weighted by Crippen LogP contribution is -2.09. The fourth-order valence-electron chi connectivity index (χ4n) is 3.17. The molecule has 1 nitrogen and oxygen atoms in total. The maximum absolute atomic E-state index is 5.75. The fourth-order valence-corrected chi connectivity index (χ4v) is 3.17. The van der Waals surface area contributed by atoms with E-state index in [4.69, 9.17) is 5.73 Å². The van der Waals surface area contributed by atoms with Gasteiger partial charge in [0.15, 0.2) is 0 Å². The van der Waals surface area contributed by atoms with Gasteiger partial charge in [0.25, 0.3) is 0 Å². The van der Waals surface area contributed by atoms with E-state index in [9.17, 15) is 0 Å². The first-order valence-electron chi connectivity index (χ1n) is 4.75. The second-order valence-corrected chi connectivity index (χ2v) is 5.07. The van der Waals surface area contributed by atoms with E-state index in [0.29, 0.717) is 10.8 Å². The van der Waals surface area contributed by atoms with E-state index >= 15 is 0 Å². The first-order chi connectivity index (χ1) is 5.05. The van der Waals surface area contributed by atoms with Gasteiger partial charge in [-0.15, -0.1) is 0 Å². The Balaban J connectivity index is 2.16. The van der Waals surface area contributed by atoms with Crippen LogP contribution in [0.5, 0.6) is 0 Å². The largest absolute Gasteiger partial charge is 0.330 e. The molecule has 0 saturated heterocycles. The Kier molecular flexibility index (Phi) is 1.26. The molecule has 2 aliphatic carbocycles. The zero-order valence-corrected chi connectivity index (χ0v) is 7.85. The fraction of sp³-hybridized carbons (Fsp3) is 1.00. The highest BCUT2D eigenvalue weighted by Gasteiger charge is 2.71. The predicted octanol–water partition coefficient (Wildman–Crippen LogP) is 2.02. The molecule has 2 saturated carbocycles. The van der Waals surface area contributed by atoms with Gasteiger partial charge in [0, 0.05) is 0 Å². The molecule has 0 aliphatic heterocycles. The number of rotatable bonds is 2. The average Bonchev–Trinajstić information content (AvgIpc) is 2.73. The molecule has 0 aromatic rings. The molecule has 0 aromatic heterocycles. The highest BCUT2D eigenvalue weighted by molar-refractivity contribution is 5.20. The topological polar surface area (TPSA) is 26.0 Å². The van der Waals surface area contributed by atoms with E-state index in [1.807, 2.05) is 0 Å². The third-order valence-corrected chi connectivity index (χ3v) is 4.56. The first-order valence-corrected chi connectivity index (χ1v) is 4.75. The van der Waals surface area contributed by atoms with E-state index in [1.165, 1.54) is 12.8 Å². The molecular formula is C10H19N. The molecule has 2 aliphatic rings. The van der Waals surface area contributed by atoms with Crippen molar-refractivity contribution in [3.05, 3.63) is 0 Å². The number of hydrogen-bond acceptors (Lipinski definition) is 1. The van der Waals surface area contributed by atoms with Crippen molar-refractivity contribution in [3.8, 4) is 0 Å². The average molecular weight is 153 g/mol. The molecule has 0 amide bonds. The van der Waals surface area contributed by atoms with Gasteiger partial charge >= 0.3 is 0 Å². The molecule has 0 spiro atoms. The molecule has 2 unspecified atom stereocenters. The molecule has 2 N–H and O–H groups in total. The predicted molar refractivity (Wildman–Crippen MR) is 47.2 cm³/mol. The summed E-state index contributed by atoms with van der Waals surface area (Å²) in [4.78, 5) is 0. The van der Waals surface area contributed by atoms with Gasteiger partial charge < -0.3 is 5.73 Å². The van der Waals surface area contributed by atoms with Gasteiger partial charge in [-0.25, -0.2) is 0 Å². The van der Waals surface area contributed by atoms with Crippen LogP contribution in [0.4, 0.5) is 0 Å². The molecule has 2 fully saturated rings. The van der Waals surface area contributed by atoms with Gasteiger partial charge in [-0.2, -0.15) is 0 Å². The zero-order chi connectivity index (χ0) is 8.28. The maximum Gasteiger partial charge on any atom is -0.00380 e. The minimum Gasteiger partial charge on any atom is -0.330 e. The molecule has 2 atom stereocenters. The van der Waals surface area contributed by atoms with E-state index < -0.39 is 0 Å². The number of nitrogens with two attached hydrogens (primary N) is 1. The van der Waals surface area contributed by atoms with Crippen LogP contribution in [-0.2, 0) is 0 Å². The summed E-state index contributed by atoms with van der Waals surface area (Å²) in [6, 6.07) is 0. The molecule has 0 aromatic carbocycles. The summed E-state index contributed by atoms with van der Waals surface area (Å²) >= 11 is 0. The van der Waals surface area contributed by atoms with Gasteiger partial charge in [0.2, 0.25) is 0 Å². The maximum atomic E-state index is 5.75. The van der Waals surface area contributed by atoms with Crippen LogP contribution >= 0.6 is 0 Å². The van der Waals surface area contributed by atoms with Gasteiger partial charge in [0.05, 0.1) is 0 Å². The summed E-state index contributed by atoms with van der Waals surface area (Å²) in [5.41, 5.74) is 6.88. The smallest absolute Gasteiger partial charge is 0.00380 e. The van der Waals surface area contributed by atoms with Crippen molar-refractivity contribution in [2.45, 2.75) is 33.6 Å². The van der Waals surface area contributed by atoms with Crippen LogP contribution in [0.1, 0.15) is 33.6 Å². The van der Waals surface area contributed by atoms with Crippen LogP contribution in [0.2, 0.25) is 0 Å². The Morgan fingerprint density at radius 3 is 2.09 bits per heavy atom. The summed E-state index contributed by atoms with van der Waals surface area (Å²) in [7, 11) is 0. The molecule has 0 heterocycles. The first kappa shape index (κ1) is 7.60. The van der Waals surface area contributed by atoms with E-state index in [2.05, 4.69) is 20.8 Å². The normalized spacial score (nSPS) is 47.5. The molecule has 2 rings (SSSR count). The Bertz CT molecular complexity index is 181. The molecular weight excluding hydrogens is 134 g/mol. The summed E-state index contributed by atoms with van der Waals surface area (Å²) in [5, 5.41) is 0. The summed E-state index contributed by atoms with van der Waals surface area (Å²) in [6.45, 7) is 8.08. The highest BCUT2D eigenvalue weighted by atomic mass is 14.8. The minimum absolute atomic E-state index is 0.531. The Morgan fingerprint density at radius 1 is 1.27 bits per heavy atom. The quantitative estimate of drug-likeness (QED) is 0.645. The van der Waals surface area contributed by atoms with Crippen molar-refractivity contribution < 1.29 is 0 Å². The number of hydrogen-bond donors (Lipinski definition) is 1. The van der Waals surface area contributed by atoms with Crippen molar-refractivity contribution in [3.63, 3.8) is 0 Å². The SMILES string of the molecule is CC1(C)C(CN)C1(C)C1CC1. The van der Waals surface area contributed by atoms with Crippen LogP contribution in [0.25, 0.3) is 0 Å². The van der Waals surface area contributed by atoms with E-state index in [1.54, 1.807) is 0 Å².